The lowest BCUT2D eigenvalue weighted by Gasteiger charge is -2.28. The zero-order chi connectivity index (χ0) is 14.4. The Balaban J connectivity index is 2.81. The van der Waals surface area contributed by atoms with E-state index >= 15 is 0 Å². The number of likely N-dealkylation sites (N-methyl/N-ethyl adjacent to an activating group) is 2. The summed E-state index contributed by atoms with van der Waals surface area (Å²) in [6.07, 6.45) is 0. The minimum absolute atomic E-state index is 0.0143. The fourth-order valence-electron chi connectivity index (χ4n) is 1.94. The van der Waals surface area contributed by atoms with Crippen molar-refractivity contribution in [2.24, 2.45) is 0 Å². The van der Waals surface area contributed by atoms with Gasteiger partial charge in [0.15, 0.2) is 0 Å². The van der Waals surface area contributed by atoms with Crippen LogP contribution in [0.2, 0.25) is 0 Å². The van der Waals surface area contributed by atoms with Gasteiger partial charge in [-0.3, -0.25) is 9.69 Å². The number of hydrogen-bond donors (Lipinski definition) is 1. The number of benzene rings is 1. The van der Waals surface area contributed by atoms with E-state index in [0.717, 1.165) is 11.3 Å². The Morgan fingerprint density at radius 2 is 2.00 bits per heavy atom. The zero-order valence-electron chi connectivity index (χ0n) is 12.3. The smallest absolute Gasteiger partial charge is 0.241 e. The molecular weight excluding hydrogens is 240 g/mol. The number of rotatable bonds is 6. The molecule has 1 unspecified atom stereocenters. The molecule has 0 radical (unpaired) electrons. The van der Waals surface area contributed by atoms with Crippen LogP contribution in [0.5, 0.6) is 0 Å². The van der Waals surface area contributed by atoms with E-state index in [1.807, 2.05) is 57.0 Å². The predicted molar refractivity (Wildman–Crippen MR) is 78.4 cm³/mol. The van der Waals surface area contributed by atoms with Gasteiger partial charge in [0.25, 0.3) is 0 Å². The van der Waals surface area contributed by atoms with Crippen molar-refractivity contribution in [1.29, 1.82) is 0 Å². The van der Waals surface area contributed by atoms with Crippen LogP contribution >= 0.6 is 0 Å². The number of anilines is 1. The molecule has 0 aliphatic rings. The summed E-state index contributed by atoms with van der Waals surface area (Å²) < 4.78 is 0. The van der Waals surface area contributed by atoms with Gasteiger partial charge in [0.1, 0.15) is 0 Å². The minimum Gasteiger partial charge on any atom is -0.395 e. The second kappa shape index (κ2) is 7.26. The Morgan fingerprint density at radius 3 is 2.53 bits per heavy atom. The number of aliphatic hydroxyl groups excluding tert-OH is 1. The van der Waals surface area contributed by atoms with E-state index in [0.29, 0.717) is 13.1 Å². The Labute approximate surface area is 115 Å². The molecule has 4 nitrogen and oxygen atoms in total. The largest absolute Gasteiger partial charge is 0.395 e. The average Bonchev–Trinajstić information content (AvgIpc) is 2.40. The summed E-state index contributed by atoms with van der Waals surface area (Å²) in [6.45, 7) is 6.89. The second-order valence-electron chi connectivity index (χ2n) is 4.87. The summed E-state index contributed by atoms with van der Waals surface area (Å²) in [7, 11) is 1.85. The standard InChI is InChI=1S/C15H24N2O2/c1-5-17(14-9-7-6-8-12(14)2)15(19)10-16(4)13(3)11-18/h6-9,13,18H,5,10-11H2,1-4H3. The third kappa shape index (κ3) is 4.04. The van der Waals surface area contributed by atoms with E-state index in [1.54, 1.807) is 4.90 Å². The quantitative estimate of drug-likeness (QED) is 0.850. The second-order valence-corrected chi connectivity index (χ2v) is 4.87. The molecule has 0 aliphatic heterocycles. The van der Waals surface area contributed by atoms with Crippen LogP contribution in [-0.2, 0) is 4.79 Å². The molecule has 1 amide bonds. The zero-order valence-corrected chi connectivity index (χ0v) is 12.3. The van der Waals surface area contributed by atoms with E-state index < -0.39 is 0 Å². The molecular formula is C15H24N2O2. The van der Waals surface area contributed by atoms with Crippen LogP contribution in [0.1, 0.15) is 19.4 Å². The van der Waals surface area contributed by atoms with Crippen LogP contribution in [0, 0.1) is 6.92 Å². The number of carbonyl (C=O) groups is 1. The van der Waals surface area contributed by atoms with E-state index in [1.165, 1.54) is 0 Å². The molecule has 106 valence electrons. The maximum absolute atomic E-state index is 12.4. The molecule has 0 aliphatic carbocycles. The van der Waals surface area contributed by atoms with E-state index in [4.69, 9.17) is 5.11 Å². The molecule has 1 atom stereocenters. The molecule has 1 N–H and O–H groups in total. The Morgan fingerprint density at radius 1 is 1.37 bits per heavy atom. The van der Waals surface area contributed by atoms with Crippen LogP contribution < -0.4 is 4.90 Å². The summed E-state index contributed by atoms with van der Waals surface area (Å²) in [6, 6.07) is 7.87. The van der Waals surface area contributed by atoms with Gasteiger partial charge in [-0.05, 0) is 39.4 Å². The summed E-state index contributed by atoms with van der Waals surface area (Å²) >= 11 is 0. The van der Waals surface area contributed by atoms with Gasteiger partial charge in [0.2, 0.25) is 5.91 Å². The monoisotopic (exact) mass is 264 g/mol. The first kappa shape index (κ1) is 15.7. The maximum atomic E-state index is 12.4. The van der Waals surface area contributed by atoms with Gasteiger partial charge < -0.3 is 10.0 Å². The summed E-state index contributed by atoms with van der Waals surface area (Å²) in [5, 5.41) is 9.11. The van der Waals surface area contributed by atoms with E-state index in [9.17, 15) is 4.79 Å². The van der Waals surface area contributed by atoms with Crippen LogP contribution in [0.15, 0.2) is 24.3 Å². The average molecular weight is 264 g/mol. The van der Waals surface area contributed by atoms with Crippen molar-refractivity contribution in [2.75, 3.05) is 31.6 Å². The van der Waals surface area contributed by atoms with Gasteiger partial charge in [0, 0.05) is 18.3 Å². The molecule has 0 spiro atoms. The summed E-state index contributed by atoms with van der Waals surface area (Å²) in [4.78, 5) is 16.0. The Kier molecular flexibility index (Phi) is 5.99. The van der Waals surface area contributed by atoms with Crippen LogP contribution in [0.4, 0.5) is 5.69 Å². The first-order valence-corrected chi connectivity index (χ1v) is 6.68. The molecule has 0 bridgehead atoms. The highest BCUT2D eigenvalue weighted by Crippen LogP contribution is 2.19. The summed E-state index contributed by atoms with van der Waals surface area (Å²) in [5.41, 5.74) is 2.05. The number of carbonyl (C=O) groups excluding carboxylic acids is 1. The summed E-state index contributed by atoms with van der Waals surface area (Å²) in [5.74, 6) is 0.0552. The van der Waals surface area contributed by atoms with E-state index in [2.05, 4.69) is 0 Å². The number of para-hydroxylation sites is 1. The van der Waals surface area contributed by atoms with E-state index in [-0.39, 0.29) is 18.6 Å². The first-order valence-electron chi connectivity index (χ1n) is 6.68. The van der Waals surface area contributed by atoms with Gasteiger partial charge in [0.05, 0.1) is 13.2 Å². The first-order chi connectivity index (χ1) is 9.01. The third-order valence-electron chi connectivity index (χ3n) is 3.42. The van der Waals surface area contributed by atoms with Gasteiger partial charge >= 0.3 is 0 Å². The fraction of sp³-hybridized carbons (Fsp3) is 0.533. The molecule has 0 fully saturated rings. The molecule has 0 aromatic heterocycles. The molecule has 19 heavy (non-hydrogen) atoms. The molecule has 0 heterocycles. The van der Waals surface area contributed by atoms with Crippen molar-refractivity contribution >= 4 is 11.6 Å². The van der Waals surface area contributed by atoms with Gasteiger partial charge in [-0.1, -0.05) is 18.2 Å². The molecule has 1 aromatic carbocycles. The minimum atomic E-state index is -0.0143. The van der Waals surface area contributed by atoms with Crippen molar-refractivity contribution in [2.45, 2.75) is 26.8 Å². The Bertz CT molecular complexity index is 420. The molecule has 0 saturated carbocycles. The van der Waals surface area contributed by atoms with Crippen molar-refractivity contribution in [3.05, 3.63) is 29.8 Å². The molecule has 1 aromatic rings. The van der Waals surface area contributed by atoms with Crippen LogP contribution in [-0.4, -0.2) is 48.7 Å². The molecule has 0 saturated heterocycles. The highest BCUT2D eigenvalue weighted by molar-refractivity contribution is 5.95. The van der Waals surface area contributed by atoms with Gasteiger partial charge in [-0.15, -0.1) is 0 Å². The van der Waals surface area contributed by atoms with Crippen molar-refractivity contribution < 1.29 is 9.90 Å². The number of amides is 1. The van der Waals surface area contributed by atoms with Crippen molar-refractivity contribution in [1.82, 2.24) is 4.90 Å². The lowest BCUT2D eigenvalue weighted by atomic mass is 10.1. The lowest BCUT2D eigenvalue weighted by molar-refractivity contribution is -0.120. The fourth-order valence-corrected chi connectivity index (χ4v) is 1.94. The van der Waals surface area contributed by atoms with Crippen LogP contribution in [0.3, 0.4) is 0 Å². The molecule has 4 heteroatoms. The normalized spacial score (nSPS) is 12.5. The van der Waals surface area contributed by atoms with Crippen molar-refractivity contribution in [3.63, 3.8) is 0 Å². The lowest BCUT2D eigenvalue weighted by Crippen LogP contribution is -2.43. The highest BCUT2D eigenvalue weighted by atomic mass is 16.3. The van der Waals surface area contributed by atoms with Crippen molar-refractivity contribution in [3.8, 4) is 0 Å². The third-order valence-corrected chi connectivity index (χ3v) is 3.42. The topological polar surface area (TPSA) is 43.8 Å². The highest BCUT2D eigenvalue weighted by Gasteiger charge is 2.19. The van der Waals surface area contributed by atoms with Crippen LogP contribution in [0.25, 0.3) is 0 Å². The number of aliphatic hydroxyl groups is 1. The molecule has 1 rings (SSSR count). The number of aryl methyl sites for hydroxylation is 1. The number of nitrogens with zero attached hydrogens (tertiary/aromatic N) is 2. The Hall–Kier alpha value is -1.39. The van der Waals surface area contributed by atoms with Gasteiger partial charge in [-0.2, -0.15) is 0 Å². The number of hydrogen-bond acceptors (Lipinski definition) is 3. The van der Waals surface area contributed by atoms with Gasteiger partial charge in [-0.25, -0.2) is 0 Å². The maximum Gasteiger partial charge on any atom is 0.241 e. The predicted octanol–water partition coefficient (Wildman–Crippen LogP) is 1.66. The SMILES string of the molecule is CCN(C(=O)CN(C)C(C)CO)c1ccccc1C.